The Kier molecular flexibility index (Phi) is 4.31. The van der Waals surface area contributed by atoms with E-state index in [0.29, 0.717) is 24.3 Å². The van der Waals surface area contributed by atoms with E-state index in [9.17, 15) is 9.59 Å². The number of carbonyl (C=O) groups excluding carboxylic acids is 2. The third-order valence-corrected chi connectivity index (χ3v) is 6.73. The van der Waals surface area contributed by atoms with Crippen LogP contribution in [-0.4, -0.2) is 72.3 Å². The van der Waals surface area contributed by atoms with Crippen LogP contribution >= 0.6 is 0 Å². The Morgan fingerprint density at radius 3 is 2.50 bits per heavy atom. The summed E-state index contributed by atoms with van der Waals surface area (Å²) in [6.45, 7) is 8.88. The van der Waals surface area contributed by atoms with Crippen molar-refractivity contribution in [1.29, 1.82) is 0 Å². The van der Waals surface area contributed by atoms with Gasteiger partial charge >= 0.3 is 0 Å². The summed E-state index contributed by atoms with van der Waals surface area (Å²) in [5.74, 6) is 1.55. The van der Waals surface area contributed by atoms with Crippen molar-refractivity contribution < 1.29 is 9.59 Å². The number of β-lactam (4-membered cyclic amide) rings is 1. The lowest BCUT2D eigenvalue weighted by molar-refractivity contribution is -0.169. The van der Waals surface area contributed by atoms with Gasteiger partial charge in [-0.2, -0.15) is 0 Å². The van der Waals surface area contributed by atoms with Gasteiger partial charge in [-0.3, -0.25) is 9.59 Å². The molecule has 0 aromatic rings. The lowest BCUT2D eigenvalue weighted by Gasteiger charge is -2.54. The number of likely N-dealkylation sites (tertiary alicyclic amines) is 3. The molecule has 0 aromatic carbocycles. The molecule has 1 atom stereocenters. The standard InChI is InChI=1S/C19H31N3O2/c1-15-11-16(12-15)17(23)21-8-4-5-19(13-21)14-22(18(19)24)10-9-20-6-2-3-7-20/h15-16H,2-14H2,1H3. The smallest absolute Gasteiger partial charge is 0.232 e. The first kappa shape index (κ1) is 16.4. The molecule has 3 aliphatic heterocycles. The van der Waals surface area contributed by atoms with Crippen molar-refractivity contribution in [2.75, 3.05) is 45.8 Å². The fourth-order valence-electron chi connectivity index (χ4n) is 5.18. The molecule has 2 amide bonds. The molecule has 3 heterocycles. The van der Waals surface area contributed by atoms with Crippen molar-refractivity contribution in [3.8, 4) is 0 Å². The molecule has 1 saturated carbocycles. The summed E-state index contributed by atoms with van der Waals surface area (Å²) in [4.78, 5) is 31.9. The normalized spacial score (nSPS) is 36.8. The van der Waals surface area contributed by atoms with Crippen molar-refractivity contribution in [3.05, 3.63) is 0 Å². The maximum absolute atomic E-state index is 12.8. The molecule has 1 unspecified atom stereocenters. The maximum atomic E-state index is 12.8. The third-order valence-electron chi connectivity index (χ3n) is 6.73. The third kappa shape index (κ3) is 2.85. The van der Waals surface area contributed by atoms with Gasteiger partial charge in [-0.1, -0.05) is 6.92 Å². The zero-order valence-corrected chi connectivity index (χ0v) is 15.0. The topological polar surface area (TPSA) is 43.9 Å². The number of nitrogens with zero attached hydrogens (tertiary/aromatic N) is 3. The Balaban J connectivity index is 1.29. The predicted octanol–water partition coefficient (Wildman–Crippen LogP) is 1.58. The number of piperidine rings is 1. The first-order valence-electron chi connectivity index (χ1n) is 9.88. The van der Waals surface area contributed by atoms with Crippen molar-refractivity contribution in [3.63, 3.8) is 0 Å². The average molecular weight is 333 g/mol. The molecule has 3 saturated heterocycles. The summed E-state index contributed by atoms with van der Waals surface area (Å²) in [5.41, 5.74) is -0.242. The van der Waals surface area contributed by atoms with E-state index in [-0.39, 0.29) is 11.3 Å². The van der Waals surface area contributed by atoms with Gasteiger partial charge in [0.05, 0.1) is 5.41 Å². The van der Waals surface area contributed by atoms with Gasteiger partial charge in [0.15, 0.2) is 0 Å². The van der Waals surface area contributed by atoms with Crippen LogP contribution in [0.1, 0.15) is 45.4 Å². The minimum Gasteiger partial charge on any atom is -0.341 e. The lowest BCUT2D eigenvalue weighted by atomic mass is 9.71. The maximum Gasteiger partial charge on any atom is 0.232 e. The molecule has 4 aliphatic rings. The predicted molar refractivity (Wildman–Crippen MR) is 92.4 cm³/mol. The largest absolute Gasteiger partial charge is 0.341 e. The molecule has 134 valence electrons. The van der Waals surface area contributed by atoms with Gasteiger partial charge in [-0.25, -0.2) is 0 Å². The summed E-state index contributed by atoms with van der Waals surface area (Å²) in [6.07, 6.45) is 6.64. The molecule has 1 aliphatic carbocycles. The minimum atomic E-state index is -0.242. The van der Waals surface area contributed by atoms with Crippen molar-refractivity contribution >= 4 is 11.8 Å². The van der Waals surface area contributed by atoms with E-state index in [1.54, 1.807) is 0 Å². The molecule has 1 spiro atoms. The van der Waals surface area contributed by atoms with E-state index in [1.807, 2.05) is 9.80 Å². The molecule has 0 N–H and O–H groups in total. The molecule has 4 rings (SSSR count). The van der Waals surface area contributed by atoms with Crippen LogP contribution in [0.25, 0.3) is 0 Å². The molecule has 4 fully saturated rings. The van der Waals surface area contributed by atoms with Crippen LogP contribution in [0.2, 0.25) is 0 Å². The van der Waals surface area contributed by atoms with Crippen molar-refractivity contribution in [2.45, 2.75) is 45.4 Å². The van der Waals surface area contributed by atoms with Crippen LogP contribution < -0.4 is 0 Å². The second-order valence-electron chi connectivity index (χ2n) is 8.69. The van der Waals surface area contributed by atoms with E-state index in [2.05, 4.69) is 11.8 Å². The highest BCUT2D eigenvalue weighted by Crippen LogP contribution is 2.42. The fraction of sp³-hybridized carbons (Fsp3) is 0.895. The van der Waals surface area contributed by atoms with Gasteiger partial charge in [0.25, 0.3) is 0 Å². The van der Waals surface area contributed by atoms with E-state index < -0.39 is 0 Å². The van der Waals surface area contributed by atoms with E-state index in [0.717, 1.165) is 51.9 Å². The quantitative estimate of drug-likeness (QED) is 0.734. The highest BCUT2D eigenvalue weighted by Gasteiger charge is 2.54. The molecule has 0 bridgehead atoms. The Hall–Kier alpha value is -1.10. The molecule has 5 heteroatoms. The zero-order chi connectivity index (χ0) is 16.7. The van der Waals surface area contributed by atoms with Gasteiger partial charge < -0.3 is 14.7 Å². The first-order valence-corrected chi connectivity index (χ1v) is 9.88. The SMILES string of the molecule is CC1CC(C(=O)N2CCCC3(C2)CN(CCN2CCCC2)C3=O)C1. The van der Waals surface area contributed by atoms with Gasteiger partial charge in [-0.15, -0.1) is 0 Å². The van der Waals surface area contributed by atoms with Gasteiger partial charge in [0.1, 0.15) is 0 Å². The summed E-state index contributed by atoms with van der Waals surface area (Å²) in [5, 5.41) is 0. The van der Waals surface area contributed by atoms with Crippen LogP contribution in [0.5, 0.6) is 0 Å². The number of hydrogen-bond donors (Lipinski definition) is 0. The van der Waals surface area contributed by atoms with E-state index in [1.165, 1.54) is 25.9 Å². The molecular weight excluding hydrogens is 302 g/mol. The van der Waals surface area contributed by atoms with Gasteiger partial charge in [0.2, 0.25) is 11.8 Å². The number of carbonyl (C=O) groups is 2. The fourth-order valence-corrected chi connectivity index (χ4v) is 5.18. The van der Waals surface area contributed by atoms with Crippen molar-refractivity contribution in [2.24, 2.45) is 17.3 Å². The van der Waals surface area contributed by atoms with Crippen LogP contribution in [0.4, 0.5) is 0 Å². The average Bonchev–Trinajstić information content (AvgIpc) is 3.08. The Bertz CT molecular complexity index is 511. The Morgan fingerprint density at radius 2 is 1.83 bits per heavy atom. The lowest BCUT2D eigenvalue weighted by Crippen LogP contribution is -2.68. The second kappa shape index (κ2) is 6.32. The van der Waals surface area contributed by atoms with Crippen LogP contribution in [-0.2, 0) is 9.59 Å². The van der Waals surface area contributed by atoms with Crippen LogP contribution in [0, 0.1) is 17.3 Å². The monoisotopic (exact) mass is 333 g/mol. The highest BCUT2D eigenvalue weighted by atomic mass is 16.2. The minimum absolute atomic E-state index is 0.233. The molecular formula is C19H31N3O2. The first-order chi connectivity index (χ1) is 11.6. The molecule has 0 radical (unpaired) electrons. The summed E-state index contributed by atoms with van der Waals surface area (Å²) < 4.78 is 0. The zero-order valence-electron chi connectivity index (χ0n) is 15.0. The van der Waals surface area contributed by atoms with Crippen molar-refractivity contribution in [1.82, 2.24) is 14.7 Å². The summed E-state index contributed by atoms with van der Waals surface area (Å²) in [7, 11) is 0. The summed E-state index contributed by atoms with van der Waals surface area (Å²) >= 11 is 0. The van der Waals surface area contributed by atoms with Crippen LogP contribution in [0.15, 0.2) is 0 Å². The molecule has 0 aromatic heterocycles. The molecule has 5 nitrogen and oxygen atoms in total. The number of rotatable bonds is 4. The summed E-state index contributed by atoms with van der Waals surface area (Å²) in [6, 6.07) is 0. The second-order valence-corrected chi connectivity index (χ2v) is 8.69. The van der Waals surface area contributed by atoms with E-state index >= 15 is 0 Å². The number of hydrogen-bond acceptors (Lipinski definition) is 3. The molecule has 24 heavy (non-hydrogen) atoms. The Morgan fingerprint density at radius 1 is 1.08 bits per heavy atom. The van der Waals surface area contributed by atoms with Gasteiger partial charge in [-0.05, 0) is 57.5 Å². The number of amides is 2. The Labute approximate surface area is 145 Å². The van der Waals surface area contributed by atoms with E-state index in [4.69, 9.17) is 0 Å². The van der Waals surface area contributed by atoms with Crippen LogP contribution in [0.3, 0.4) is 0 Å². The highest BCUT2D eigenvalue weighted by molar-refractivity contribution is 5.90. The van der Waals surface area contributed by atoms with Gasteiger partial charge in [0, 0.05) is 38.6 Å².